The molecule has 0 heterocycles. The lowest BCUT2D eigenvalue weighted by Crippen LogP contribution is -2.27. The van der Waals surface area contributed by atoms with Crippen molar-refractivity contribution in [2.24, 2.45) is 0 Å². The number of rotatable bonds is 11. The first-order chi connectivity index (χ1) is 17.5. The van der Waals surface area contributed by atoms with E-state index in [0.29, 0.717) is 34.9 Å². The van der Waals surface area contributed by atoms with Gasteiger partial charge in [-0.3, -0.25) is 4.79 Å². The van der Waals surface area contributed by atoms with Crippen molar-refractivity contribution in [3.63, 3.8) is 0 Å². The SMILES string of the molecule is O=C(COc1ccccc1)c1ccc(OC(CCc2ccc(-c3ccc(Cl)cc3)cc2)C(=O)O)cc1. The third-order valence-corrected chi connectivity index (χ3v) is 5.92. The van der Waals surface area contributed by atoms with Crippen LogP contribution in [0, 0.1) is 0 Å². The molecule has 0 aliphatic heterocycles. The maximum Gasteiger partial charge on any atom is 0.344 e. The van der Waals surface area contributed by atoms with Crippen molar-refractivity contribution in [1.29, 1.82) is 0 Å². The fourth-order valence-electron chi connectivity index (χ4n) is 3.67. The molecule has 4 rings (SSSR count). The Kier molecular flexibility index (Phi) is 8.37. The summed E-state index contributed by atoms with van der Waals surface area (Å²) in [4.78, 5) is 24.2. The Morgan fingerprint density at radius 2 is 1.36 bits per heavy atom. The maximum absolute atomic E-state index is 12.4. The van der Waals surface area contributed by atoms with Gasteiger partial charge in [0.2, 0.25) is 0 Å². The fraction of sp³-hybridized carbons (Fsp3) is 0.133. The first-order valence-electron chi connectivity index (χ1n) is 11.5. The fourth-order valence-corrected chi connectivity index (χ4v) is 3.80. The number of ketones is 1. The largest absolute Gasteiger partial charge is 0.485 e. The van der Waals surface area contributed by atoms with Crippen molar-refractivity contribution in [3.05, 3.63) is 119 Å². The summed E-state index contributed by atoms with van der Waals surface area (Å²) in [5, 5.41) is 10.3. The molecule has 4 aromatic carbocycles. The monoisotopic (exact) mass is 500 g/mol. The number of carboxylic acid groups (broad SMARTS) is 1. The van der Waals surface area contributed by atoms with Crippen LogP contribution in [0.2, 0.25) is 5.02 Å². The van der Waals surface area contributed by atoms with Crippen LogP contribution < -0.4 is 9.47 Å². The summed E-state index contributed by atoms with van der Waals surface area (Å²) in [6.45, 7) is -0.0845. The van der Waals surface area contributed by atoms with Crippen LogP contribution in [-0.4, -0.2) is 29.6 Å². The molecule has 6 heteroatoms. The normalized spacial score (nSPS) is 11.5. The number of halogens is 1. The van der Waals surface area contributed by atoms with Crippen LogP contribution in [-0.2, 0) is 11.2 Å². The molecule has 0 saturated carbocycles. The molecule has 1 N–H and O–H groups in total. The van der Waals surface area contributed by atoms with Crippen LogP contribution >= 0.6 is 11.6 Å². The number of hydrogen-bond acceptors (Lipinski definition) is 4. The number of Topliss-reactive ketones (excluding diaryl/α,β-unsaturated/α-hetero) is 1. The van der Waals surface area contributed by atoms with E-state index in [-0.39, 0.29) is 12.4 Å². The Balaban J connectivity index is 1.31. The van der Waals surface area contributed by atoms with E-state index in [4.69, 9.17) is 21.1 Å². The molecule has 0 saturated heterocycles. The Bertz CT molecular complexity index is 1280. The lowest BCUT2D eigenvalue weighted by molar-refractivity contribution is -0.145. The van der Waals surface area contributed by atoms with Crippen molar-refractivity contribution in [1.82, 2.24) is 0 Å². The van der Waals surface area contributed by atoms with E-state index < -0.39 is 12.1 Å². The summed E-state index contributed by atoms with van der Waals surface area (Å²) in [5.41, 5.74) is 3.60. The summed E-state index contributed by atoms with van der Waals surface area (Å²) in [5.74, 6) is -0.206. The minimum atomic E-state index is -1.04. The highest BCUT2D eigenvalue weighted by Crippen LogP contribution is 2.23. The summed E-state index contributed by atoms with van der Waals surface area (Å²) < 4.78 is 11.2. The van der Waals surface area contributed by atoms with Crippen LogP contribution in [0.15, 0.2) is 103 Å². The molecule has 5 nitrogen and oxygen atoms in total. The van der Waals surface area contributed by atoms with Gasteiger partial charge in [0.1, 0.15) is 11.5 Å². The number of carbonyl (C=O) groups is 2. The number of ether oxygens (including phenoxy) is 2. The number of aryl methyl sites for hydroxylation is 1. The second-order valence-corrected chi connectivity index (χ2v) is 8.67. The molecule has 0 aliphatic carbocycles. The summed E-state index contributed by atoms with van der Waals surface area (Å²) in [7, 11) is 0. The van der Waals surface area contributed by atoms with E-state index in [1.54, 1.807) is 36.4 Å². The van der Waals surface area contributed by atoms with Gasteiger partial charge in [-0.25, -0.2) is 4.79 Å². The van der Waals surface area contributed by atoms with Gasteiger partial charge in [0.05, 0.1) is 0 Å². The molecule has 1 unspecified atom stereocenters. The Hall–Kier alpha value is -4.09. The smallest absolute Gasteiger partial charge is 0.344 e. The molecule has 0 fully saturated rings. The summed E-state index contributed by atoms with van der Waals surface area (Å²) in [6, 6.07) is 31.1. The van der Waals surface area contributed by atoms with Crippen LogP contribution in [0.25, 0.3) is 11.1 Å². The zero-order valence-corrected chi connectivity index (χ0v) is 20.2. The molecule has 4 aromatic rings. The highest BCUT2D eigenvalue weighted by atomic mass is 35.5. The van der Waals surface area contributed by atoms with Crippen LogP contribution in [0.5, 0.6) is 11.5 Å². The van der Waals surface area contributed by atoms with E-state index >= 15 is 0 Å². The predicted molar refractivity (Wildman–Crippen MR) is 140 cm³/mol. The van der Waals surface area contributed by atoms with Crippen molar-refractivity contribution in [2.45, 2.75) is 18.9 Å². The number of aliphatic carboxylic acids is 1. The average Bonchev–Trinajstić information content (AvgIpc) is 2.91. The molecule has 1 atom stereocenters. The molecule has 182 valence electrons. The maximum atomic E-state index is 12.4. The lowest BCUT2D eigenvalue weighted by atomic mass is 10.0. The zero-order valence-electron chi connectivity index (χ0n) is 19.5. The third-order valence-electron chi connectivity index (χ3n) is 5.67. The van der Waals surface area contributed by atoms with Gasteiger partial charge in [-0.2, -0.15) is 0 Å². The second-order valence-electron chi connectivity index (χ2n) is 8.24. The van der Waals surface area contributed by atoms with Crippen molar-refractivity contribution < 1.29 is 24.2 Å². The van der Waals surface area contributed by atoms with Crippen molar-refractivity contribution in [2.75, 3.05) is 6.61 Å². The van der Waals surface area contributed by atoms with Gasteiger partial charge in [-0.1, -0.05) is 66.2 Å². The number of hydrogen-bond donors (Lipinski definition) is 1. The summed E-state index contributed by atoms with van der Waals surface area (Å²) in [6.07, 6.45) is -0.157. The Morgan fingerprint density at radius 1 is 0.750 bits per heavy atom. The van der Waals surface area contributed by atoms with E-state index in [9.17, 15) is 14.7 Å². The highest BCUT2D eigenvalue weighted by Gasteiger charge is 2.20. The third kappa shape index (κ3) is 6.96. The topological polar surface area (TPSA) is 72.8 Å². The minimum Gasteiger partial charge on any atom is -0.485 e. The molecule has 0 aromatic heterocycles. The molecule has 0 bridgehead atoms. The Labute approximate surface area is 214 Å². The number of carbonyl (C=O) groups excluding carboxylic acids is 1. The van der Waals surface area contributed by atoms with Gasteiger partial charge in [0.25, 0.3) is 0 Å². The molecule has 0 amide bonds. The number of benzene rings is 4. The van der Waals surface area contributed by atoms with Gasteiger partial charge >= 0.3 is 5.97 Å². The van der Waals surface area contributed by atoms with Crippen LogP contribution in [0.3, 0.4) is 0 Å². The van der Waals surface area contributed by atoms with E-state index in [1.165, 1.54) is 0 Å². The quantitative estimate of drug-likeness (QED) is 0.231. The number of carboxylic acids is 1. The minimum absolute atomic E-state index is 0.0845. The molecule has 36 heavy (non-hydrogen) atoms. The van der Waals surface area contributed by atoms with E-state index in [1.807, 2.05) is 66.7 Å². The second kappa shape index (κ2) is 12.0. The van der Waals surface area contributed by atoms with Crippen LogP contribution in [0.4, 0.5) is 0 Å². The van der Waals surface area contributed by atoms with E-state index in [0.717, 1.165) is 16.7 Å². The van der Waals surface area contributed by atoms with Crippen LogP contribution in [0.1, 0.15) is 22.3 Å². The van der Waals surface area contributed by atoms with Gasteiger partial charge in [0, 0.05) is 10.6 Å². The first-order valence-corrected chi connectivity index (χ1v) is 11.9. The molecular weight excluding hydrogens is 476 g/mol. The van der Waals surface area contributed by atoms with Gasteiger partial charge in [0.15, 0.2) is 18.5 Å². The zero-order chi connectivity index (χ0) is 25.3. The van der Waals surface area contributed by atoms with Crippen molar-refractivity contribution >= 4 is 23.4 Å². The lowest BCUT2D eigenvalue weighted by Gasteiger charge is -2.15. The standard InChI is InChI=1S/C30H25ClO5/c31-25-15-11-23(12-16-25)22-9-6-21(7-10-22)8-19-29(30(33)34)36-27-17-13-24(14-18-27)28(32)20-35-26-4-2-1-3-5-26/h1-7,9-18,29H,8,19-20H2,(H,33,34). The number of para-hydroxylation sites is 1. The molecule has 0 aliphatic rings. The molecular formula is C30H25ClO5. The van der Waals surface area contributed by atoms with E-state index in [2.05, 4.69) is 0 Å². The molecule has 0 radical (unpaired) electrons. The molecule has 0 spiro atoms. The van der Waals surface area contributed by atoms with Gasteiger partial charge in [-0.05, 0) is 78.1 Å². The predicted octanol–water partition coefficient (Wildman–Crippen LogP) is 6.73. The summed E-state index contributed by atoms with van der Waals surface area (Å²) >= 11 is 5.95. The first kappa shape index (κ1) is 25.0. The average molecular weight is 501 g/mol. The Morgan fingerprint density at radius 3 is 1.97 bits per heavy atom. The van der Waals surface area contributed by atoms with Gasteiger partial charge < -0.3 is 14.6 Å². The highest BCUT2D eigenvalue weighted by molar-refractivity contribution is 6.30. The van der Waals surface area contributed by atoms with Gasteiger partial charge in [-0.15, -0.1) is 0 Å². The van der Waals surface area contributed by atoms with Crippen molar-refractivity contribution in [3.8, 4) is 22.6 Å².